The molecule has 0 aliphatic rings. The van der Waals surface area contributed by atoms with E-state index in [4.69, 9.17) is 5.73 Å². The molecule has 0 spiro atoms. The van der Waals surface area contributed by atoms with Gasteiger partial charge in [0, 0.05) is 12.1 Å². The molecule has 0 bridgehead atoms. The van der Waals surface area contributed by atoms with Gasteiger partial charge < -0.3 is 16.0 Å². The van der Waals surface area contributed by atoms with E-state index in [1.54, 1.807) is 12.1 Å². The van der Waals surface area contributed by atoms with Gasteiger partial charge in [-0.3, -0.25) is 4.79 Å². The number of nitrogens with zero attached hydrogens (tertiary/aromatic N) is 1. The van der Waals surface area contributed by atoms with Crippen LogP contribution in [0, 0.1) is 5.92 Å². The Morgan fingerprint density at radius 2 is 1.88 bits per heavy atom. The number of nitrogens with one attached hydrogen (secondary N) is 2. The number of aromatic amines is 1. The zero-order chi connectivity index (χ0) is 17.1. The van der Waals surface area contributed by atoms with E-state index in [9.17, 15) is 4.79 Å². The van der Waals surface area contributed by atoms with Gasteiger partial charge in [0.25, 0.3) is 5.91 Å². The summed E-state index contributed by atoms with van der Waals surface area (Å²) in [5.41, 5.74) is 9.09. The number of H-pyrrole nitrogens is 1. The fraction of sp³-hybridized carbons (Fsp3) is 0.263. The van der Waals surface area contributed by atoms with Crippen LogP contribution in [0.4, 0.5) is 0 Å². The molecule has 1 atom stereocenters. The Morgan fingerprint density at radius 1 is 1.17 bits per heavy atom. The minimum atomic E-state index is -0.181. The molecule has 24 heavy (non-hydrogen) atoms. The largest absolute Gasteiger partial charge is 0.342 e. The lowest BCUT2D eigenvalue weighted by Crippen LogP contribution is -2.32. The number of imidazole rings is 1. The summed E-state index contributed by atoms with van der Waals surface area (Å²) in [7, 11) is 0. The first-order valence-electron chi connectivity index (χ1n) is 8.13. The maximum atomic E-state index is 12.6. The predicted octanol–water partition coefficient (Wildman–Crippen LogP) is 3.15. The summed E-state index contributed by atoms with van der Waals surface area (Å²) >= 11 is 0. The van der Waals surface area contributed by atoms with Gasteiger partial charge in [0.1, 0.15) is 5.82 Å². The molecule has 3 aromatic rings. The van der Waals surface area contributed by atoms with E-state index in [0.717, 1.165) is 22.4 Å². The molecule has 2 aromatic carbocycles. The third-order valence-corrected chi connectivity index (χ3v) is 4.11. The standard InChI is InChI=1S/C19H22N4O/c1-12(2)17(18-21-15-5-3-4-6-16(15)22-18)23-19(24)14-9-7-13(11-20)8-10-14/h3-10,12,17H,11,20H2,1-2H3,(H,21,22)(H,23,24). The van der Waals surface area contributed by atoms with Crippen molar-refractivity contribution in [2.75, 3.05) is 0 Å². The van der Waals surface area contributed by atoms with Crippen LogP contribution in [-0.4, -0.2) is 15.9 Å². The zero-order valence-electron chi connectivity index (χ0n) is 13.9. The van der Waals surface area contributed by atoms with E-state index in [0.29, 0.717) is 12.1 Å². The summed E-state index contributed by atoms with van der Waals surface area (Å²) in [6.07, 6.45) is 0. The van der Waals surface area contributed by atoms with E-state index in [-0.39, 0.29) is 17.9 Å². The molecule has 1 unspecified atom stereocenters. The van der Waals surface area contributed by atoms with Gasteiger partial charge >= 0.3 is 0 Å². The van der Waals surface area contributed by atoms with E-state index >= 15 is 0 Å². The van der Waals surface area contributed by atoms with Gasteiger partial charge in [-0.05, 0) is 35.7 Å². The lowest BCUT2D eigenvalue weighted by Gasteiger charge is -2.20. The number of benzene rings is 2. The zero-order valence-corrected chi connectivity index (χ0v) is 13.9. The van der Waals surface area contributed by atoms with Crippen molar-refractivity contribution < 1.29 is 4.79 Å². The minimum absolute atomic E-state index is 0.113. The second kappa shape index (κ2) is 6.84. The van der Waals surface area contributed by atoms with Crippen molar-refractivity contribution >= 4 is 16.9 Å². The maximum Gasteiger partial charge on any atom is 0.251 e. The Bertz CT molecular complexity index is 803. The summed E-state index contributed by atoms with van der Waals surface area (Å²) in [5, 5.41) is 3.08. The van der Waals surface area contributed by atoms with Crippen molar-refractivity contribution in [3.05, 3.63) is 65.5 Å². The average molecular weight is 322 g/mol. The number of fused-ring (bicyclic) bond motifs is 1. The number of nitrogens with two attached hydrogens (primary N) is 1. The normalized spacial score (nSPS) is 12.5. The van der Waals surface area contributed by atoms with Crippen LogP contribution >= 0.6 is 0 Å². The Morgan fingerprint density at radius 3 is 2.50 bits per heavy atom. The molecule has 0 radical (unpaired) electrons. The molecule has 0 saturated heterocycles. The average Bonchev–Trinajstić information content (AvgIpc) is 3.02. The lowest BCUT2D eigenvalue weighted by molar-refractivity contribution is 0.0923. The van der Waals surface area contributed by atoms with Gasteiger partial charge in [0.2, 0.25) is 0 Å². The van der Waals surface area contributed by atoms with Crippen molar-refractivity contribution in [3.63, 3.8) is 0 Å². The molecule has 1 heterocycles. The predicted molar refractivity (Wildman–Crippen MR) is 95.5 cm³/mol. The second-order valence-electron chi connectivity index (χ2n) is 6.24. The lowest BCUT2D eigenvalue weighted by atomic mass is 10.0. The summed E-state index contributed by atoms with van der Waals surface area (Å²) in [5.74, 6) is 0.869. The number of carbonyl (C=O) groups excluding carboxylic acids is 1. The summed E-state index contributed by atoms with van der Waals surface area (Å²) < 4.78 is 0. The van der Waals surface area contributed by atoms with Gasteiger partial charge in [-0.2, -0.15) is 0 Å². The molecule has 4 N–H and O–H groups in total. The molecule has 5 heteroatoms. The second-order valence-corrected chi connectivity index (χ2v) is 6.24. The van der Waals surface area contributed by atoms with Gasteiger partial charge in [-0.1, -0.05) is 38.1 Å². The van der Waals surface area contributed by atoms with E-state index < -0.39 is 0 Å². The Balaban J connectivity index is 1.84. The van der Waals surface area contributed by atoms with Crippen molar-refractivity contribution in [1.82, 2.24) is 15.3 Å². The van der Waals surface area contributed by atoms with Gasteiger partial charge in [-0.25, -0.2) is 4.98 Å². The number of hydrogen-bond donors (Lipinski definition) is 3. The smallest absolute Gasteiger partial charge is 0.251 e. The number of hydrogen-bond acceptors (Lipinski definition) is 3. The van der Waals surface area contributed by atoms with Gasteiger partial charge in [-0.15, -0.1) is 0 Å². The topological polar surface area (TPSA) is 83.8 Å². The van der Waals surface area contributed by atoms with Crippen LogP contribution in [0.2, 0.25) is 0 Å². The SMILES string of the molecule is CC(C)C(NC(=O)c1ccc(CN)cc1)c1nc2ccccc2[nH]1. The number of aromatic nitrogens is 2. The van der Waals surface area contributed by atoms with Crippen LogP contribution in [0.5, 0.6) is 0 Å². The van der Waals surface area contributed by atoms with Crippen molar-refractivity contribution in [2.45, 2.75) is 26.4 Å². The summed E-state index contributed by atoms with van der Waals surface area (Å²) in [6, 6.07) is 15.0. The molecule has 5 nitrogen and oxygen atoms in total. The van der Waals surface area contributed by atoms with Crippen molar-refractivity contribution in [3.8, 4) is 0 Å². The highest BCUT2D eigenvalue weighted by Gasteiger charge is 2.22. The minimum Gasteiger partial charge on any atom is -0.342 e. The number of rotatable bonds is 5. The molecular weight excluding hydrogens is 300 g/mol. The van der Waals surface area contributed by atoms with Crippen LogP contribution in [0.25, 0.3) is 11.0 Å². The van der Waals surface area contributed by atoms with Gasteiger partial charge in [0.15, 0.2) is 0 Å². The number of carbonyl (C=O) groups is 1. The Labute approximate surface area is 141 Å². The first-order valence-corrected chi connectivity index (χ1v) is 8.13. The van der Waals surface area contributed by atoms with Crippen LogP contribution < -0.4 is 11.1 Å². The Kier molecular flexibility index (Phi) is 4.62. The molecule has 0 aliphatic heterocycles. The monoisotopic (exact) mass is 322 g/mol. The van der Waals surface area contributed by atoms with Crippen molar-refractivity contribution in [2.24, 2.45) is 11.7 Å². The molecule has 1 aromatic heterocycles. The first-order chi connectivity index (χ1) is 11.6. The number of para-hydroxylation sites is 2. The summed E-state index contributed by atoms with van der Waals surface area (Å²) in [4.78, 5) is 20.5. The third-order valence-electron chi connectivity index (χ3n) is 4.11. The van der Waals surface area contributed by atoms with Gasteiger partial charge in [0.05, 0.1) is 17.1 Å². The molecule has 3 rings (SSSR count). The van der Waals surface area contributed by atoms with E-state index in [1.807, 2.05) is 36.4 Å². The Hall–Kier alpha value is -2.66. The molecule has 1 amide bonds. The van der Waals surface area contributed by atoms with Crippen LogP contribution in [-0.2, 0) is 6.54 Å². The van der Waals surface area contributed by atoms with Crippen molar-refractivity contribution in [1.29, 1.82) is 0 Å². The highest BCUT2D eigenvalue weighted by molar-refractivity contribution is 5.94. The highest BCUT2D eigenvalue weighted by Crippen LogP contribution is 2.22. The maximum absolute atomic E-state index is 12.6. The first kappa shape index (κ1) is 16.2. The fourth-order valence-corrected chi connectivity index (χ4v) is 2.69. The molecule has 0 saturated carbocycles. The third kappa shape index (κ3) is 3.31. The van der Waals surface area contributed by atoms with E-state index in [1.165, 1.54) is 0 Å². The molecule has 124 valence electrons. The number of amides is 1. The molecular formula is C19H22N4O. The van der Waals surface area contributed by atoms with Crippen LogP contribution in [0.15, 0.2) is 48.5 Å². The summed E-state index contributed by atoms with van der Waals surface area (Å²) in [6.45, 7) is 4.60. The fourth-order valence-electron chi connectivity index (χ4n) is 2.69. The van der Waals surface area contributed by atoms with Crippen LogP contribution in [0.3, 0.4) is 0 Å². The van der Waals surface area contributed by atoms with E-state index in [2.05, 4.69) is 29.1 Å². The quantitative estimate of drug-likeness (QED) is 0.674. The molecule has 0 fully saturated rings. The highest BCUT2D eigenvalue weighted by atomic mass is 16.1. The van der Waals surface area contributed by atoms with Crippen LogP contribution in [0.1, 0.15) is 41.6 Å². The molecule has 0 aliphatic carbocycles.